The topological polar surface area (TPSA) is 54.4 Å². The lowest BCUT2D eigenvalue weighted by atomic mass is 9.87. The fourth-order valence-corrected chi connectivity index (χ4v) is 3.86. The van der Waals surface area contributed by atoms with Crippen molar-refractivity contribution < 1.29 is 13.5 Å². The Balaban J connectivity index is 5.18. The SMILES string of the molecule is CCS(=O)(=O)[C@](C)(Br)[C@@H](O)C(C)(C)C. The molecule has 0 heterocycles. The Morgan fingerprint density at radius 3 is 1.86 bits per heavy atom. The molecule has 0 saturated carbocycles. The number of rotatable bonds is 3. The molecule has 0 rings (SSSR count). The highest BCUT2D eigenvalue weighted by molar-refractivity contribution is 9.11. The van der Waals surface area contributed by atoms with Gasteiger partial charge in [-0.15, -0.1) is 0 Å². The summed E-state index contributed by atoms with van der Waals surface area (Å²) in [6.07, 6.45) is -0.944. The summed E-state index contributed by atoms with van der Waals surface area (Å²) in [4.78, 5) is 0. The van der Waals surface area contributed by atoms with Gasteiger partial charge in [-0.1, -0.05) is 43.6 Å². The lowest BCUT2D eigenvalue weighted by Crippen LogP contribution is -2.48. The highest BCUT2D eigenvalue weighted by Crippen LogP contribution is 2.38. The van der Waals surface area contributed by atoms with E-state index in [0.29, 0.717) is 0 Å². The molecule has 0 aromatic rings. The van der Waals surface area contributed by atoms with Crippen molar-refractivity contribution in [2.24, 2.45) is 5.41 Å². The molecule has 0 spiro atoms. The minimum atomic E-state index is -3.31. The van der Waals surface area contributed by atoms with E-state index in [0.717, 1.165) is 0 Å². The van der Waals surface area contributed by atoms with Crippen LogP contribution >= 0.6 is 15.9 Å². The molecule has 0 unspecified atom stereocenters. The summed E-state index contributed by atoms with van der Waals surface area (Å²) in [6.45, 7) is 8.50. The number of aliphatic hydroxyl groups is 1. The van der Waals surface area contributed by atoms with Crippen molar-refractivity contribution in [1.29, 1.82) is 0 Å². The van der Waals surface area contributed by atoms with Gasteiger partial charge in [-0.05, 0) is 12.3 Å². The second-order valence-electron chi connectivity index (χ2n) is 4.66. The summed E-state index contributed by atoms with van der Waals surface area (Å²) < 4.78 is 22.1. The van der Waals surface area contributed by atoms with Gasteiger partial charge in [0.2, 0.25) is 0 Å². The van der Waals surface area contributed by atoms with Crippen molar-refractivity contribution in [3.63, 3.8) is 0 Å². The van der Waals surface area contributed by atoms with Crippen LogP contribution in [-0.4, -0.2) is 29.0 Å². The van der Waals surface area contributed by atoms with Crippen LogP contribution in [0.2, 0.25) is 0 Å². The number of hydrogen-bond donors (Lipinski definition) is 1. The van der Waals surface area contributed by atoms with Crippen LogP contribution in [0.5, 0.6) is 0 Å². The van der Waals surface area contributed by atoms with E-state index in [-0.39, 0.29) is 5.75 Å². The van der Waals surface area contributed by atoms with Gasteiger partial charge in [0.05, 0.1) is 6.10 Å². The first-order valence-electron chi connectivity index (χ1n) is 4.56. The summed E-state index contributed by atoms with van der Waals surface area (Å²) in [7, 11) is -3.31. The highest BCUT2D eigenvalue weighted by atomic mass is 79.9. The van der Waals surface area contributed by atoms with Gasteiger partial charge >= 0.3 is 0 Å². The zero-order valence-corrected chi connectivity index (χ0v) is 11.7. The Morgan fingerprint density at radius 1 is 1.29 bits per heavy atom. The van der Waals surface area contributed by atoms with Gasteiger partial charge in [-0.3, -0.25) is 0 Å². The van der Waals surface area contributed by atoms with Crippen LogP contribution in [0.3, 0.4) is 0 Å². The molecule has 5 heteroatoms. The third-order valence-corrected chi connectivity index (χ3v) is 6.41. The van der Waals surface area contributed by atoms with E-state index >= 15 is 0 Å². The van der Waals surface area contributed by atoms with Crippen LogP contribution in [0.4, 0.5) is 0 Å². The quantitative estimate of drug-likeness (QED) is 0.807. The average Bonchev–Trinajstić information content (AvgIpc) is 2.01. The van der Waals surface area contributed by atoms with Crippen molar-refractivity contribution in [2.45, 2.75) is 44.4 Å². The predicted molar refractivity (Wildman–Crippen MR) is 62.3 cm³/mol. The smallest absolute Gasteiger partial charge is 0.167 e. The zero-order chi connectivity index (χ0) is 11.8. The molecular formula is C9H19BrO3S. The molecule has 14 heavy (non-hydrogen) atoms. The highest BCUT2D eigenvalue weighted by Gasteiger charge is 2.47. The number of halogens is 1. The standard InChI is InChI=1S/C9H19BrO3S/c1-6-14(12,13)9(5,10)7(11)8(2,3)4/h7,11H,6H2,1-5H3/t7-,9-/m0/s1. The van der Waals surface area contributed by atoms with Crippen molar-refractivity contribution in [3.8, 4) is 0 Å². The maximum absolute atomic E-state index is 11.7. The van der Waals surface area contributed by atoms with Crippen LogP contribution in [0.1, 0.15) is 34.6 Å². The van der Waals surface area contributed by atoms with Gasteiger partial charge in [-0.2, -0.15) is 0 Å². The first-order valence-corrected chi connectivity index (χ1v) is 7.00. The predicted octanol–water partition coefficient (Wildman–Crippen LogP) is 1.94. The van der Waals surface area contributed by atoms with E-state index < -0.39 is 25.0 Å². The minimum absolute atomic E-state index is 0.0158. The molecule has 2 atom stereocenters. The summed E-state index contributed by atoms with van der Waals surface area (Å²) in [5.41, 5.74) is -0.472. The molecular weight excluding hydrogens is 268 g/mol. The van der Waals surface area contributed by atoms with E-state index in [1.165, 1.54) is 6.92 Å². The fraction of sp³-hybridized carbons (Fsp3) is 1.00. The van der Waals surface area contributed by atoms with E-state index in [2.05, 4.69) is 15.9 Å². The number of sulfone groups is 1. The molecule has 0 aromatic carbocycles. The molecule has 0 aliphatic carbocycles. The molecule has 1 N–H and O–H groups in total. The van der Waals surface area contributed by atoms with Gasteiger partial charge < -0.3 is 5.11 Å². The van der Waals surface area contributed by atoms with Crippen molar-refractivity contribution in [3.05, 3.63) is 0 Å². The first-order chi connectivity index (χ1) is 5.97. The molecule has 0 saturated heterocycles. The maximum atomic E-state index is 11.7. The van der Waals surface area contributed by atoms with E-state index in [9.17, 15) is 13.5 Å². The minimum Gasteiger partial charge on any atom is -0.390 e. The lowest BCUT2D eigenvalue weighted by Gasteiger charge is -2.36. The summed E-state index contributed by atoms with van der Waals surface area (Å²) in [6, 6.07) is 0. The molecule has 0 radical (unpaired) electrons. The Bertz CT molecular complexity index is 288. The average molecular weight is 287 g/mol. The Hall–Kier alpha value is 0.390. The normalized spacial score (nSPS) is 20.2. The summed E-state index contributed by atoms with van der Waals surface area (Å²) in [5, 5.41) is 9.95. The first kappa shape index (κ1) is 14.4. The molecule has 3 nitrogen and oxygen atoms in total. The van der Waals surface area contributed by atoms with Gasteiger partial charge in [0, 0.05) is 5.75 Å². The van der Waals surface area contributed by atoms with Crippen LogP contribution < -0.4 is 0 Å². The largest absolute Gasteiger partial charge is 0.390 e. The number of alkyl halides is 1. The van der Waals surface area contributed by atoms with E-state index in [4.69, 9.17) is 0 Å². The molecule has 0 aliphatic heterocycles. The molecule has 0 bridgehead atoms. The maximum Gasteiger partial charge on any atom is 0.167 e. The summed E-state index contributed by atoms with van der Waals surface area (Å²) >= 11 is 3.13. The number of hydrogen-bond acceptors (Lipinski definition) is 3. The van der Waals surface area contributed by atoms with Crippen LogP contribution in [0.25, 0.3) is 0 Å². The fourth-order valence-electron chi connectivity index (χ4n) is 1.23. The van der Waals surface area contributed by atoms with E-state index in [1.54, 1.807) is 6.92 Å². The zero-order valence-electron chi connectivity index (χ0n) is 9.33. The molecule has 0 fully saturated rings. The van der Waals surface area contributed by atoms with Crippen LogP contribution in [0, 0.1) is 5.41 Å². The van der Waals surface area contributed by atoms with Gasteiger partial charge in [0.1, 0.15) is 0 Å². The van der Waals surface area contributed by atoms with Crippen LogP contribution in [0.15, 0.2) is 0 Å². The monoisotopic (exact) mass is 286 g/mol. The Kier molecular flexibility index (Phi) is 4.21. The van der Waals surface area contributed by atoms with Crippen molar-refractivity contribution >= 4 is 25.8 Å². The molecule has 0 aliphatic rings. The van der Waals surface area contributed by atoms with Gasteiger partial charge in [0.15, 0.2) is 13.5 Å². The third kappa shape index (κ3) is 2.70. The van der Waals surface area contributed by atoms with Crippen LogP contribution in [-0.2, 0) is 9.84 Å². The molecule has 86 valence electrons. The van der Waals surface area contributed by atoms with Crippen molar-refractivity contribution in [2.75, 3.05) is 5.75 Å². The Morgan fingerprint density at radius 2 is 1.64 bits per heavy atom. The molecule has 0 aromatic heterocycles. The number of aliphatic hydroxyl groups excluding tert-OH is 1. The second-order valence-corrected chi connectivity index (χ2v) is 9.49. The lowest BCUT2D eigenvalue weighted by molar-refractivity contribution is 0.0560. The van der Waals surface area contributed by atoms with Gasteiger partial charge in [0.25, 0.3) is 0 Å². The molecule has 0 amide bonds. The second kappa shape index (κ2) is 4.10. The Labute approximate surface area is 94.9 Å². The third-order valence-electron chi connectivity index (χ3n) is 2.30. The van der Waals surface area contributed by atoms with Crippen molar-refractivity contribution in [1.82, 2.24) is 0 Å². The van der Waals surface area contributed by atoms with E-state index in [1.807, 2.05) is 20.8 Å². The summed E-state index contributed by atoms with van der Waals surface area (Å²) in [5.74, 6) is 0.0158. The van der Waals surface area contributed by atoms with Gasteiger partial charge in [-0.25, -0.2) is 8.42 Å².